The van der Waals surface area contributed by atoms with Crippen molar-refractivity contribution in [3.63, 3.8) is 0 Å². The van der Waals surface area contributed by atoms with Gasteiger partial charge in [0, 0.05) is 25.0 Å². The summed E-state index contributed by atoms with van der Waals surface area (Å²) >= 11 is 0. The Bertz CT molecular complexity index is 1180. The van der Waals surface area contributed by atoms with Crippen LogP contribution in [0.1, 0.15) is 67.7 Å². The van der Waals surface area contributed by atoms with Crippen LogP contribution in [0.15, 0.2) is 65.2 Å². The summed E-state index contributed by atoms with van der Waals surface area (Å²) < 4.78 is 0. The van der Waals surface area contributed by atoms with E-state index >= 15 is 0 Å². The van der Waals surface area contributed by atoms with Crippen LogP contribution in [0.3, 0.4) is 0 Å². The summed E-state index contributed by atoms with van der Waals surface area (Å²) in [6.07, 6.45) is 16.5. The molecule has 1 amide bonds. The molecule has 0 saturated carbocycles. The van der Waals surface area contributed by atoms with E-state index in [1.807, 2.05) is 24.4 Å². The maximum Gasteiger partial charge on any atom is 0.291 e. The van der Waals surface area contributed by atoms with E-state index in [1.54, 1.807) is 0 Å². The predicted molar refractivity (Wildman–Crippen MR) is 131 cm³/mol. The Kier molecular flexibility index (Phi) is 6.57. The van der Waals surface area contributed by atoms with E-state index in [-0.39, 0.29) is 17.4 Å². The minimum Gasteiger partial charge on any atom is -0.357 e. The van der Waals surface area contributed by atoms with Crippen molar-refractivity contribution >= 4 is 11.7 Å². The molecule has 2 aromatic rings. The number of carbonyl (C=O) groups excluding carboxylic acids is 1. The summed E-state index contributed by atoms with van der Waals surface area (Å²) in [6.45, 7) is 2.04. The molecule has 5 rings (SSSR count). The van der Waals surface area contributed by atoms with Gasteiger partial charge in [-0.1, -0.05) is 23.8 Å². The number of amides is 1. The zero-order valence-electron chi connectivity index (χ0n) is 19.4. The lowest BCUT2D eigenvalue weighted by Gasteiger charge is -2.35. The number of aromatic nitrogens is 3. The van der Waals surface area contributed by atoms with Gasteiger partial charge in [0.05, 0.1) is 6.20 Å². The van der Waals surface area contributed by atoms with Crippen molar-refractivity contribution in [3.8, 4) is 6.07 Å². The van der Waals surface area contributed by atoms with Crippen molar-refractivity contribution in [2.75, 3.05) is 18.0 Å². The molecule has 0 spiro atoms. The number of rotatable bonds is 5. The highest BCUT2D eigenvalue weighted by Gasteiger charge is 2.27. The molecule has 7 nitrogen and oxygen atoms in total. The number of carbonyl (C=O) groups is 1. The van der Waals surface area contributed by atoms with Crippen LogP contribution < -0.4 is 10.2 Å². The van der Waals surface area contributed by atoms with E-state index in [9.17, 15) is 4.79 Å². The number of piperidine rings is 1. The molecule has 0 bridgehead atoms. The molecule has 3 heterocycles. The molecule has 1 aliphatic heterocycles. The van der Waals surface area contributed by atoms with Gasteiger partial charge in [-0.15, -0.1) is 0 Å². The highest BCUT2D eigenvalue weighted by atomic mass is 16.2. The lowest BCUT2D eigenvalue weighted by molar-refractivity contribution is 0.0954. The van der Waals surface area contributed by atoms with Gasteiger partial charge in [0.25, 0.3) is 5.91 Å². The highest BCUT2D eigenvalue weighted by molar-refractivity contribution is 5.92. The molecular weight excluding hydrogens is 424 g/mol. The van der Waals surface area contributed by atoms with Gasteiger partial charge < -0.3 is 15.2 Å². The second-order valence-corrected chi connectivity index (χ2v) is 9.25. The molecule has 7 heteroatoms. The molecule has 34 heavy (non-hydrogen) atoms. The quantitative estimate of drug-likeness (QED) is 0.676. The van der Waals surface area contributed by atoms with E-state index in [4.69, 9.17) is 5.26 Å². The van der Waals surface area contributed by atoms with Crippen LogP contribution >= 0.6 is 0 Å². The average molecular weight is 455 g/mol. The van der Waals surface area contributed by atoms with Gasteiger partial charge in [0.2, 0.25) is 0 Å². The summed E-state index contributed by atoms with van der Waals surface area (Å²) in [5.74, 6) is 1.53. The minimum absolute atomic E-state index is 0.178. The SMILES string of the molecule is N#Cc1cnc(C(=O)NC2=C(C3=CCCCC3)C=C(C3CCN(c4ccccn4)CC3)CC2)[nH]1. The highest BCUT2D eigenvalue weighted by Crippen LogP contribution is 2.38. The summed E-state index contributed by atoms with van der Waals surface area (Å²) in [6, 6.07) is 8.08. The summed E-state index contributed by atoms with van der Waals surface area (Å²) in [5.41, 5.74) is 5.31. The second kappa shape index (κ2) is 10.1. The second-order valence-electron chi connectivity index (χ2n) is 9.25. The molecule has 0 atom stereocenters. The number of nitrogens with one attached hydrogen (secondary N) is 2. The molecule has 0 radical (unpaired) electrons. The van der Waals surface area contributed by atoms with Crippen LogP contribution in [-0.2, 0) is 0 Å². The van der Waals surface area contributed by atoms with Gasteiger partial charge in [-0.2, -0.15) is 5.26 Å². The fourth-order valence-electron chi connectivity index (χ4n) is 5.28. The van der Waals surface area contributed by atoms with E-state index < -0.39 is 0 Å². The van der Waals surface area contributed by atoms with Crippen LogP contribution in [0.4, 0.5) is 5.82 Å². The third-order valence-electron chi connectivity index (χ3n) is 7.12. The van der Waals surface area contributed by atoms with E-state index in [1.165, 1.54) is 35.8 Å². The third-order valence-corrected chi connectivity index (χ3v) is 7.12. The number of aromatic amines is 1. The van der Waals surface area contributed by atoms with E-state index in [0.717, 1.165) is 63.1 Å². The van der Waals surface area contributed by atoms with E-state index in [2.05, 4.69) is 43.4 Å². The van der Waals surface area contributed by atoms with Gasteiger partial charge in [-0.05, 0) is 80.6 Å². The molecule has 174 valence electrons. The first-order chi connectivity index (χ1) is 16.7. The fourth-order valence-corrected chi connectivity index (χ4v) is 5.28. The first kappa shape index (κ1) is 22.1. The summed E-state index contributed by atoms with van der Waals surface area (Å²) in [5, 5.41) is 12.1. The largest absolute Gasteiger partial charge is 0.357 e. The topological polar surface area (TPSA) is 97.7 Å². The third kappa shape index (κ3) is 4.81. The first-order valence-corrected chi connectivity index (χ1v) is 12.3. The van der Waals surface area contributed by atoms with Crippen molar-refractivity contribution in [2.24, 2.45) is 5.92 Å². The maximum atomic E-state index is 12.8. The van der Waals surface area contributed by atoms with Gasteiger partial charge >= 0.3 is 0 Å². The predicted octanol–water partition coefficient (Wildman–Crippen LogP) is 4.80. The molecule has 1 saturated heterocycles. The molecule has 3 aliphatic rings. The lowest BCUT2D eigenvalue weighted by Crippen LogP contribution is -2.35. The number of imidazole rings is 1. The fraction of sp³-hybridized carbons (Fsp3) is 0.407. The van der Waals surface area contributed by atoms with Crippen molar-refractivity contribution < 1.29 is 4.79 Å². The molecule has 2 aliphatic carbocycles. The van der Waals surface area contributed by atoms with Gasteiger partial charge in [0.1, 0.15) is 17.6 Å². The summed E-state index contributed by atoms with van der Waals surface area (Å²) in [7, 11) is 0. The summed E-state index contributed by atoms with van der Waals surface area (Å²) in [4.78, 5) is 26.6. The van der Waals surface area contributed by atoms with E-state index in [0.29, 0.717) is 5.92 Å². The molecule has 2 N–H and O–H groups in total. The number of hydrogen-bond acceptors (Lipinski definition) is 5. The lowest BCUT2D eigenvalue weighted by atomic mass is 9.79. The van der Waals surface area contributed by atoms with Gasteiger partial charge in [0.15, 0.2) is 5.82 Å². The van der Waals surface area contributed by atoms with Crippen molar-refractivity contribution in [3.05, 3.63) is 76.7 Å². The van der Waals surface area contributed by atoms with Crippen LogP contribution in [0.2, 0.25) is 0 Å². The Labute approximate surface area is 200 Å². The first-order valence-electron chi connectivity index (χ1n) is 12.3. The molecular formula is C27H30N6O. The molecule has 0 aromatic carbocycles. The maximum absolute atomic E-state index is 12.8. The van der Waals surface area contributed by atoms with Crippen molar-refractivity contribution in [2.45, 2.75) is 51.4 Å². The number of hydrogen-bond donors (Lipinski definition) is 2. The number of nitriles is 1. The Balaban J connectivity index is 1.35. The Morgan fingerprint density at radius 3 is 2.74 bits per heavy atom. The number of allylic oxidation sites excluding steroid dienone is 6. The number of nitrogens with zero attached hydrogens (tertiary/aromatic N) is 4. The zero-order chi connectivity index (χ0) is 23.3. The van der Waals surface area contributed by atoms with Gasteiger partial charge in [-0.3, -0.25) is 4.79 Å². The van der Waals surface area contributed by atoms with Crippen LogP contribution in [0.5, 0.6) is 0 Å². The monoisotopic (exact) mass is 454 g/mol. The standard InChI is InChI=1S/C27H30N6O/c28-17-22-18-30-26(31-22)27(34)32-24-10-9-21(16-23(24)20-6-2-1-3-7-20)19-11-14-33(15-12-19)25-8-4-5-13-29-25/h4-6,8,13,16,18-19H,1-3,7,9-12,14-15H2,(H,30,31)(H,32,34). The minimum atomic E-state index is -0.286. The molecule has 2 aromatic heterocycles. The average Bonchev–Trinajstić information content (AvgIpc) is 3.40. The Hall–Kier alpha value is -3.66. The van der Waals surface area contributed by atoms with Crippen LogP contribution in [0.25, 0.3) is 0 Å². The zero-order valence-corrected chi connectivity index (χ0v) is 19.4. The van der Waals surface area contributed by atoms with Gasteiger partial charge in [-0.25, -0.2) is 9.97 Å². The van der Waals surface area contributed by atoms with Crippen molar-refractivity contribution in [1.29, 1.82) is 5.26 Å². The molecule has 1 fully saturated rings. The van der Waals surface area contributed by atoms with Crippen molar-refractivity contribution in [1.82, 2.24) is 20.3 Å². The van der Waals surface area contributed by atoms with Crippen LogP contribution in [-0.4, -0.2) is 33.9 Å². The smallest absolute Gasteiger partial charge is 0.291 e. The number of anilines is 1. The number of H-pyrrole nitrogens is 1. The van der Waals surface area contributed by atoms with Crippen LogP contribution in [0, 0.1) is 17.2 Å². The Morgan fingerprint density at radius 2 is 2.03 bits per heavy atom. The Morgan fingerprint density at radius 1 is 1.15 bits per heavy atom. The molecule has 0 unspecified atom stereocenters. The normalized spacial score (nSPS) is 19.3. The number of pyridine rings is 1.